The van der Waals surface area contributed by atoms with Gasteiger partial charge in [0, 0.05) is 18.1 Å². The van der Waals surface area contributed by atoms with Crippen molar-refractivity contribution in [2.24, 2.45) is 0 Å². The number of carbonyl (C=O) groups excluding carboxylic acids is 1. The molecule has 0 aliphatic heterocycles. The number of hydrogen-bond donors (Lipinski definition) is 1. The van der Waals surface area contributed by atoms with E-state index in [1.807, 2.05) is 36.4 Å². The first-order valence-electron chi connectivity index (χ1n) is 6.87. The van der Waals surface area contributed by atoms with Gasteiger partial charge in [-0.25, -0.2) is 18.4 Å². The highest BCUT2D eigenvalue weighted by atomic mass is 79.9. The molecular weight excluding hydrogens is 394 g/mol. The molecule has 0 aliphatic carbocycles. The van der Waals surface area contributed by atoms with Crippen LogP contribution in [0.3, 0.4) is 0 Å². The van der Waals surface area contributed by atoms with Crippen LogP contribution >= 0.6 is 15.9 Å². The largest absolute Gasteiger partial charge is 0.321 e. The number of sulfone groups is 1. The Morgan fingerprint density at radius 2 is 1.83 bits per heavy atom. The van der Waals surface area contributed by atoms with Gasteiger partial charge in [0.25, 0.3) is 5.91 Å². The number of benzene rings is 2. The second-order valence-electron chi connectivity index (χ2n) is 5.14. The Morgan fingerprint density at radius 1 is 1.12 bits per heavy atom. The minimum atomic E-state index is -3.60. The van der Waals surface area contributed by atoms with Gasteiger partial charge in [-0.05, 0) is 38.8 Å². The number of anilines is 1. The van der Waals surface area contributed by atoms with Crippen molar-refractivity contribution in [1.82, 2.24) is 9.97 Å². The zero-order valence-electron chi connectivity index (χ0n) is 12.5. The third-order valence-electron chi connectivity index (χ3n) is 3.28. The Balaban J connectivity index is 1.94. The van der Waals surface area contributed by atoms with E-state index in [9.17, 15) is 13.2 Å². The number of rotatable bonds is 3. The number of aromatic nitrogens is 2. The standard InChI is InChI=1S/C16H12BrN3O3S/c1-24(22,23)16-18-9-13(17)14(20-16)15(21)19-12-7-6-10-4-2-3-5-11(10)8-12/h2-9H,1H3,(H,19,21). The van der Waals surface area contributed by atoms with E-state index in [4.69, 9.17) is 0 Å². The lowest BCUT2D eigenvalue weighted by Crippen LogP contribution is -2.17. The van der Waals surface area contributed by atoms with E-state index in [0.717, 1.165) is 17.0 Å². The average molecular weight is 406 g/mol. The minimum Gasteiger partial charge on any atom is -0.321 e. The maximum absolute atomic E-state index is 12.4. The summed E-state index contributed by atoms with van der Waals surface area (Å²) in [7, 11) is -3.60. The molecule has 0 atom stereocenters. The summed E-state index contributed by atoms with van der Waals surface area (Å²) in [4.78, 5) is 20.0. The number of fused-ring (bicyclic) bond motifs is 1. The molecule has 8 heteroatoms. The zero-order valence-corrected chi connectivity index (χ0v) is 14.9. The molecule has 24 heavy (non-hydrogen) atoms. The van der Waals surface area contributed by atoms with Gasteiger partial charge in [0.2, 0.25) is 15.0 Å². The molecule has 0 radical (unpaired) electrons. The van der Waals surface area contributed by atoms with Crippen LogP contribution in [-0.2, 0) is 9.84 Å². The van der Waals surface area contributed by atoms with Gasteiger partial charge in [0.1, 0.15) is 5.69 Å². The Bertz CT molecular complexity index is 1050. The fourth-order valence-electron chi connectivity index (χ4n) is 2.15. The monoisotopic (exact) mass is 405 g/mol. The van der Waals surface area contributed by atoms with Crippen LogP contribution in [0.25, 0.3) is 10.8 Å². The van der Waals surface area contributed by atoms with Crippen LogP contribution in [0.1, 0.15) is 10.5 Å². The molecule has 0 saturated heterocycles. The Labute approximate surface area is 147 Å². The molecule has 1 heterocycles. The second-order valence-corrected chi connectivity index (χ2v) is 7.90. The molecule has 0 spiro atoms. The van der Waals surface area contributed by atoms with Crippen LogP contribution in [0.5, 0.6) is 0 Å². The molecule has 1 N–H and O–H groups in total. The fourth-order valence-corrected chi connectivity index (χ4v) is 3.02. The molecule has 0 unspecified atom stereocenters. The molecule has 122 valence electrons. The van der Waals surface area contributed by atoms with Gasteiger partial charge in [0.05, 0.1) is 4.47 Å². The van der Waals surface area contributed by atoms with E-state index in [1.165, 1.54) is 6.20 Å². The van der Waals surface area contributed by atoms with Crippen molar-refractivity contribution in [3.63, 3.8) is 0 Å². The highest BCUT2D eigenvalue weighted by Crippen LogP contribution is 2.21. The lowest BCUT2D eigenvalue weighted by Gasteiger charge is -2.08. The number of nitrogens with zero attached hydrogens (tertiary/aromatic N) is 2. The highest BCUT2D eigenvalue weighted by Gasteiger charge is 2.18. The Hall–Kier alpha value is -2.32. The Kier molecular flexibility index (Phi) is 4.33. The molecule has 1 amide bonds. The van der Waals surface area contributed by atoms with Gasteiger partial charge < -0.3 is 5.32 Å². The van der Waals surface area contributed by atoms with E-state index in [2.05, 4.69) is 31.2 Å². The average Bonchev–Trinajstić information content (AvgIpc) is 2.54. The van der Waals surface area contributed by atoms with Gasteiger partial charge in [0.15, 0.2) is 0 Å². The number of hydrogen-bond acceptors (Lipinski definition) is 5. The molecule has 0 bridgehead atoms. The van der Waals surface area contributed by atoms with E-state index < -0.39 is 20.9 Å². The maximum Gasteiger partial charge on any atom is 0.275 e. The minimum absolute atomic E-state index is 0.0430. The summed E-state index contributed by atoms with van der Waals surface area (Å²) in [5, 5.41) is 4.36. The van der Waals surface area contributed by atoms with Gasteiger partial charge in [-0.3, -0.25) is 4.79 Å². The summed E-state index contributed by atoms with van der Waals surface area (Å²) in [5.41, 5.74) is 0.545. The number of amides is 1. The van der Waals surface area contributed by atoms with Crippen LogP contribution in [0.2, 0.25) is 0 Å². The number of nitrogens with one attached hydrogen (secondary N) is 1. The molecule has 0 fully saturated rings. The SMILES string of the molecule is CS(=O)(=O)c1ncc(Br)c(C(=O)Nc2ccc3ccccc3c2)n1. The second kappa shape index (κ2) is 6.29. The van der Waals surface area contributed by atoms with Crippen LogP contribution < -0.4 is 5.32 Å². The molecular formula is C16H12BrN3O3S. The summed E-state index contributed by atoms with van der Waals surface area (Å²) < 4.78 is 23.4. The number of halogens is 1. The van der Waals surface area contributed by atoms with E-state index in [0.29, 0.717) is 10.2 Å². The van der Waals surface area contributed by atoms with Crippen molar-refractivity contribution in [2.45, 2.75) is 5.16 Å². The van der Waals surface area contributed by atoms with Gasteiger partial charge in [-0.15, -0.1) is 0 Å². The molecule has 6 nitrogen and oxygen atoms in total. The first kappa shape index (κ1) is 16.5. The normalized spacial score (nSPS) is 11.4. The third kappa shape index (κ3) is 3.44. The van der Waals surface area contributed by atoms with Gasteiger partial charge in [-0.2, -0.15) is 0 Å². The summed E-state index contributed by atoms with van der Waals surface area (Å²) in [6.07, 6.45) is 2.24. The quantitative estimate of drug-likeness (QED) is 0.676. The first-order chi connectivity index (χ1) is 11.3. The topological polar surface area (TPSA) is 89.0 Å². The van der Waals surface area contributed by atoms with Crippen molar-refractivity contribution in [3.8, 4) is 0 Å². The van der Waals surface area contributed by atoms with Crippen molar-refractivity contribution in [3.05, 3.63) is 58.8 Å². The molecule has 3 aromatic rings. The van der Waals surface area contributed by atoms with Gasteiger partial charge in [-0.1, -0.05) is 30.3 Å². The summed E-state index contributed by atoms with van der Waals surface area (Å²) in [5.74, 6) is -0.524. The molecule has 2 aromatic carbocycles. The van der Waals surface area contributed by atoms with Crippen LogP contribution in [0.15, 0.2) is 58.3 Å². The lowest BCUT2D eigenvalue weighted by molar-refractivity contribution is 0.102. The van der Waals surface area contributed by atoms with Crippen LogP contribution in [0.4, 0.5) is 5.69 Å². The summed E-state index contributed by atoms with van der Waals surface area (Å²) in [6, 6.07) is 13.3. The van der Waals surface area contributed by atoms with Crippen molar-refractivity contribution < 1.29 is 13.2 Å². The smallest absolute Gasteiger partial charge is 0.275 e. The maximum atomic E-state index is 12.4. The first-order valence-corrected chi connectivity index (χ1v) is 9.56. The molecule has 1 aromatic heterocycles. The van der Waals surface area contributed by atoms with E-state index >= 15 is 0 Å². The number of carbonyl (C=O) groups is 1. The van der Waals surface area contributed by atoms with Gasteiger partial charge >= 0.3 is 0 Å². The van der Waals surface area contributed by atoms with Crippen LogP contribution in [-0.4, -0.2) is 30.5 Å². The fraction of sp³-hybridized carbons (Fsp3) is 0.0625. The highest BCUT2D eigenvalue weighted by molar-refractivity contribution is 9.10. The predicted molar refractivity (Wildman–Crippen MR) is 94.7 cm³/mol. The van der Waals surface area contributed by atoms with Crippen molar-refractivity contribution >= 4 is 48.1 Å². The summed E-state index contributed by atoms with van der Waals surface area (Å²) >= 11 is 3.17. The molecule has 0 saturated carbocycles. The lowest BCUT2D eigenvalue weighted by atomic mass is 10.1. The molecule has 3 rings (SSSR count). The summed E-state index contributed by atoms with van der Waals surface area (Å²) in [6.45, 7) is 0. The Morgan fingerprint density at radius 3 is 2.54 bits per heavy atom. The van der Waals surface area contributed by atoms with E-state index in [-0.39, 0.29) is 5.69 Å². The zero-order chi connectivity index (χ0) is 17.3. The van der Waals surface area contributed by atoms with E-state index in [1.54, 1.807) is 6.07 Å². The van der Waals surface area contributed by atoms with Crippen LogP contribution in [0, 0.1) is 0 Å². The predicted octanol–water partition coefficient (Wildman–Crippen LogP) is 3.05. The third-order valence-corrected chi connectivity index (χ3v) is 4.72. The van der Waals surface area contributed by atoms with Crippen molar-refractivity contribution in [2.75, 3.05) is 11.6 Å². The molecule has 0 aliphatic rings. The van der Waals surface area contributed by atoms with Crippen molar-refractivity contribution in [1.29, 1.82) is 0 Å².